The highest BCUT2D eigenvalue weighted by Gasteiger charge is 2.35. The van der Waals surface area contributed by atoms with Crippen LogP contribution in [0.2, 0.25) is 5.02 Å². The van der Waals surface area contributed by atoms with Crippen LogP contribution in [0.4, 0.5) is 11.6 Å². The zero-order valence-electron chi connectivity index (χ0n) is 17.0. The van der Waals surface area contributed by atoms with E-state index in [-0.39, 0.29) is 5.91 Å². The van der Waals surface area contributed by atoms with Crippen molar-refractivity contribution in [3.63, 3.8) is 0 Å². The lowest BCUT2D eigenvalue weighted by Gasteiger charge is -2.27. The monoisotopic (exact) mass is 443 g/mol. The summed E-state index contributed by atoms with van der Waals surface area (Å²) < 4.78 is 1.68. The van der Waals surface area contributed by atoms with Crippen molar-refractivity contribution in [2.45, 2.75) is 13.0 Å². The number of nitrogens with zero attached hydrogens (tertiary/aromatic N) is 5. The molecule has 0 radical (unpaired) electrons. The molecule has 5 rings (SSSR count). The highest BCUT2D eigenvalue weighted by molar-refractivity contribution is 6.30. The average molecular weight is 444 g/mol. The van der Waals surface area contributed by atoms with Crippen molar-refractivity contribution in [1.82, 2.24) is 24.7 Å². The van der Waals surface area contributed by atoms with Crippen molar-refractivity contribution in [1.29, 1.82) is 0 Å². The van der Waals surface area contributed by atoms with Gasteiger partial charge >= 0.3 is 0 Å². The first kappa shape index (κ1) is 19.9. The van der Waals surface area contributed by atoms with Gasteiger partial charge in [-0.3, -0.25) is 14.8 Å². The molecule has 3 aromatic heterocycles. The summed E-state index contributed by atoms with van der Waals surface area (Å²) in [4.78, 5) is 26.6. The molecule has 1 aliphatic rings. The summed E-state index contributed by atoms with van der Waals surface area (Å²) in [6.45, 7) is 1.84. The Morgan fingerprint density at radius 3 is 2.78 bits per heavy atom. The average Bonchev–Trinajstić information content (AvgIpc) is 3.23. The van der Waals surface area contributed by atoms with Crippen LogP contribution in [0, 0.1) is 0 Å². The largest absolute Gasteiger partial charge is 0.328 e. The number of hydrogen-bond acceptors (Lipinski definition) is 6. The fourth-order valence-corrected chi connectivity index (χ4v) is 3.83. The van der Waals surface area contributed by atoms with Gasteiger partial charge in [0, 0.05) is 28.7 Å². The lowest BCUT2D eigenvalue weighted by atomic mass is 9.98. The smallest absolute Gasteiger partial charge is 0.255 e. The maximum Gasteiger partial charge on any atom is 0.255 e. The first-order chi connectivity index (χ1) is 15.6. The predicted molar refractivity (Wildman–Crippen MR) is 122 cm³/mol. The number of anilines is 2. The Kier molecular flexibility index (Phi) is 5.12. The number of rotatable bonds is 4. The third-order valence-corrected chi connectivity index (χ3v) is 5.30. The van der Waals surface area contributed by atoms with Gasteiger partial charge in [-0.15, -0.1) is 5.10 Å². The van der Waals surface area contributed by atoms with E-state index in [4.69, 9.17) is 16.7 Å². The van der Waals surface area contributed by atoms with Gasteiger partial charge in [0.2, 0.25) is 5.95 Å². The molecule has 2 N–H and O–H groups in total. The van der Waals surface area contributed by atoms with Gasteiger partial charge in [0.25, 0.3) is 5.91 Å². The second kappa shape index (κ2) is 8.24. The van der Waals surface area contributed by atoms with Crippen LogP contribution in [0.1, 0.15) is 18.7 Å². The molecule has 1 aliphatic heterocycles. The quantitative estimate of drug-likeness (QED) is 0.487. The molecule has 9 heteroatoms. The number of halogens is 1. The maximum atomic E-state index is 13.3. The molecule has 0 saturated heterocycles. The lowest BCUT2D eigenvalue weighted by Crippen LogP contribution is -2.32. The lowest BCUT2D eigenvalue weighted by molar-refractivity contribution is -0.113. The summed E-state index contributed by atoms with van der Waals surface area (Å²) in [6.07, 6.45) is 4.94. The number of allylic oxidation sites excluding steroid dienone is 1. The van der Waals surface area contributed by atoms with Gasteiger partial charge in [-0.05, 0) is 43.3 Å². The Bertz CT molecular complexity index is 1320. The molecule has 4 aromatic rings. The third kappa shape index (κ3) is 3.72. The predicted octanol–water partition coefficient (Wildman–Crippen LogP) is 4.32. The van der Waals surface area contributed by atoms with Gasteiger partial charge in [-0.25, -0.2) is 4.68 Å². The molecule has 0 fully saturated rings. The van der Waals surface area contributed by atoms with E-state index in [9.17, 15) is 4.79 Å². The van der Waals surface area contributed by atoms with Gasteiger partial charge in [0.1, 0.15) is 6.04 Å². The molecule has 1 atom stereocenters. The topological polar surface area (TPSA) is 97.6 Å². The summed E-state index contributed by atoms with van der Waals surface area (Å²) in [5, 5.41) is 11.4. The van der Waals surface area contributed by atoms with Gasteiger partial charge < -0.3 is 10.6 Å². The molecule has 0 spiro atoms. The van der Waals surface area contributed by atoms with E-state index in [1.807, 2.05) is 37.3 Å². The Balaban J connectivity index is 1.60. The van der Waals surface area contributed by atoms with Crippen LogP contribution in [0.3, 0.4) is 0 Å². The standard InChI is InChI=1S/C23H18ClN7O/c1-14-19(22(32)28-17-8-5-10-25-13-17)20(18-9-2-3-11-26-18)31-23(27-14)29-21(30-31)15-6-4-7-16(24)12-15/h2-13,20H,1H3,(H,28,32)(H,27,29,30). The van der Waals surface area contributed by atoms with Crippen LogP contribution < -0.4 is 10.6 Å². The fourth-order valence-electron chi connectivity index (χ4n) is 3.64. The minimum atomic E-state index is -0.565. The molecule has 0 bridgehead atoms. The van der Waals surface area contributed by atoms with Gasteiger partial charge in [0.05, 0.1) is 23.2 Å². The number of hydrogen-bond donors (Lipinski definition) is 2. The molecule has 4 heterocycles. The van der Waals surface area contributed by atoms with E-state index in [1.165, 1.54) is 0 Å². The molecule has 1 amide bonds. The number of amides is 1. The molecule has 158 valence electrons. The van der Waals surface area contributed by atoms with Crippen molar-refractivity contribution < 1.29 is 4.79 Å². The number of carbonyl (C=O) groups is 1. The number of aromatic nitrogens is 5. The highest BCUT2D eigenvalue weighted by Crippen LogP contribution is 2.36. The van der Waals surface area contributed by atoms with Gasteiger partial charge in [0.15, 0.2) is 5.82 Å². The number of benzene rings is 1. The number of carbonyl (C=O) groups excluding carboxylic acids is 1. The summed E-state index contributed by atoms with van der Waals surface area (Å²) >= 11 is 6.16. The Hall–Kier alpha value is -4.04. The Labute approximate surface area is 189 Å². The fraction of sp³-hybridized carbons (Fsp3) is 0.0870. The summed E-state index contributed by atoms with van der Waals surface area (Å²) in [5.41, 5.74) is 3.21. The maximum absolute atomic E-state index is 13.3. The normalized spacial score (nSPS) is 15.1. The van der Waals surface area contributed by atoms with Crippen LogP contribution in [0.25, 0.3) is 11.4 Å². The minimum Gasteiger partial charge on any atom is -0.328 e. The number of fused-ring (bicyclic) bond motifs is 1. The summed E-state index contributed by atoms with van der Waals surface area (Å²) in [5.74, 6) is 0.743. The molecular formula is C23H18ClN7O. The van der Waals surface area contributed by atoms with Crippen LogP contribution in [-0.4, -0.2) is 30.6 Å². The van der Waals surface area contributed by atoms with Gasteiger partial charge in [-0.1, -0.05) is 29.8 Å². The van der Waals surface area contributed by atoms with E-state index < -0.39 is 6.04 Å². The van der Waals surface area contributed by atoms with Crippen molar-refractivity contribution in [2.75, 3.05) is 10.6 Å². The Morgan fingerprint density at radius 2 is 2.03 bits per heavy atom. The first-order valence-corrected chi connectivity index (χ1v) is 10.3. The van der Waals surface area contributed by atoms with Crippen molar-refractivity contribution >= 4 is 29.1 Å². The Morgan fingerprint density at radius 1 is 1.12 bits per heavy atom. The number of pyridine rings is 2. The molecule has 1 unspecified atom stereocenters. The molecular weight excluding hydrogens is 426 g/mol. The van der Waals surface area contributed by atoms with Crippen molar-refractivity contribution in [3.05, 3.63) is 95.2 Å². The molecule has 0 aliphatic carbocycles. The minimum absolute atomic E-state index is 0.274. The zero-order chi connectivity index (χ0) is 22.1. The van der Waals surface area contributed by atoms with Crippen molar-refractivity contribution in [3.8, 4) is 11.4 Å². The first-order valence-electron chi connectivity index (χ1n) is 9.93. The van der Waals surface area contributed by atoms with Crippen LogP contribution in [-0.2, 0) is 4.79 Å². The highest BCUT2D eigenvalue weighted by atomic mass is 35.5. The molecule has 8 nitrogen and oxygen atoms in total. The van der Waals surface area contributed by atoms with E-state index in [0.29, 0.717) is 39.4 Å². The SMILES string of the molecule is CC1=C(C(=O)Nc2cccnc2)C(c2ccccn2)n2nc(-c3cccc(Cl)c3)nc2N1. The van der Waals surface area contributed by atoms with E-state index >= 15 is 0 Å². The van der Waals surface area contributed by atoms with E-state index in [1.54, 1.807) is 47.5 Å². The van der Waals surface area contributed by atoms with Crippen LogP contribution >= 0.6 is 11.6 Å². The molecule has 0 saturated carbocycles. The summed E-state index contributed by atoms with van der Waals surface area (Å²) in [7, 11) is 0. The second-order valence-corrected chi connectivity index (χ2v) is 7.67. The number of nitrogens with one attached hydrogen (secondary N) is 2. The van der Waals surface area contributed by atoms with Gasteiger partial charge in [-0.2, -0.15) is 4.98 Å². The molecule has 1 aromatic carbocycles. The van der Waals surface area contributed by atoms with Crippen molar-refractivity contribution in [2.24, 2.45) is 0 Å². The van der Waals surface area contributed by atoms with Crippen LogP contribution in [0.15, 0.2) is 84.5 Å². The molecule has 32 heavy (non-hydrogen) atoms. The van der Waals surface area contributed by atoms with E-state index in [0.717, 1.165) is 5.56 Å². The third-order valence-electron chi connectivity index (χ3n) is 5.07. The second-order valence-electron chi connectivity index (χ2n) is 7.23. The summed E-state index contributed by atoms with van der Waals surface area (Å²) in [6, 6.07) is 15.9. The zero-order valence-corrected chi connectivity index (χ0v) is 17.8. The van der Waals surface area contributed by atoms with E-state index in [2.05, 4.69) is 25.6 Å². The van der Waals surface area contributed by atoms with Crippen LogP contribution in [0.5, 0.6) is 0 Å².